The van der Waals surface area contributed by atoms with Gasteiger partial charge < -0.3 is 5.11 Å². The van der Waals surface area contributed by atoms with E-state index in [0.717, 1.165) is 12.3 Å². The smallest absolute Gasteiger partial charge is 0.0641 e. The van der Waals surface area contributed by atoms with Crippen LogP contribution in [-0.4, -0.2) is 11.7 Å². The molecule has 0 radical (unpaired) electrons. The molecule has 0 aliphatic heterocycles. The minimum Gasteiger partial charge on any atom is -0.392 e. The van der Waals surface area contributed by atoms with Crippen LogP contribution in [0.15, 0.2) is 11.6 Å². The average molecular weight is 210 g/mol. The second-order valence-corrected chi connectivity index (χ2v) is 4.85. The molecule has 0 aromatic carbocycles. The lowest BCUT2D eigenvalue weighted by Crippen LogP contribution is -2.05. The van der Waals surface area contributed by atoms with Crippen molar-refractivity contribution in [1.82, 2.24) is 0 Å². The van der Waals surface area contributed by atoms with Gasteiger partial charge in [0.05, 0.1) is 6.61 Å². The molecule has 1 saturated carbocycles. The molecule has 0 heterocycles. The lowest BCUT2D eigenvalue weighted by molar-refractivity contribution is 0.317. The second-order valence-electron chi connectivity index (χ2n) is 4.85. The Hall–Kier alpha value is -0.300. The Bertz CT molecular complexity index is 178. The lowest BCUT2D eigenvalue weighted by Gasteiger charge is -2.21. The van der Waals surface area contributed by atoms with Gasteiger partial charge in [0.2, 0.25) is 0 Å². The van der Waals surface area contributed by atoms with Crippen LogP contribution in [0.2, 0.25) is 0 Å². The van der Waals surface area contributed by atoms with Gasteiger partial charge in [-0.2, -0.15) is 0 Å². The van der Waals surface area contributed by atoms with Gasteiger partial charge in [-0.05, 0) is 31.3 Å². The van der Waals surface area contributed by atoms with Crippen LogP contribution in [0.5, 0.6) is 0 Å². The fraction of sp³-hybridized carbons (Fsp3) is 0.857. The zero-order valence-electron chi connectivity index (χ0n) is 10.2. The highest BCUT2D eigenvalue weighted by molar-refractivity contribution is 4.99. The van der Waals surface area contributed by atoms with Crippen LogP contribution in [0.3, 0.4) is 0 Å². The SMILES string of the molecule is C/C=C(/CO)CCCCC1CCCCC1. The van der Waals surface area contributed by atoms with Crippen LogP contribution < -0.4 is 0 Å². The highest BCUT2D eigenvalue weighted by Crippen LogP contribution is 2.28. The number of aliphatic hydroxyl groups is 1. The van der Waals surface area contributed by atoms with Crippen molar-refractivity contribution in [2.45, 2.75) is 64.7 Å². The summed E-state index contributed by atoms with van der Waals surface area (Å²) in [6.45, 7) is 2.27. The van der Waals surface area contributed by atoms with E-state index in [-0.39, 0.29) is 6.61 Å². The molecule has 0 spiro atoms. The number of unbranched alkanes of at least 4 members (excludes halogenated alkanes) is 1. The predicted molar refractivity (Wildman–Crippen MR) is 65.9 cm³/mol. The number of hydrogen-bond donors (Lipinski definition) is 1. The molecule has 0 saturated heterocycles. The molecule has 0 atom stereocenters. The summed E-state index contributed by atoms with van der Waals surface area (Å²) >= 11 is 0. The minimum atomic E-state index is 0.250. The minimum absolute atomic E-state index is 0.250. The van der Waals surface area contributed by atoms with Gasteiger partial charge in [-0.15, -0.1) is 0 Å². The molecule has 1 aliphatic rings. The summed E-state index contributed by atoms with van der Waals surface area (Å²) in [6, 6.07) is 0. The molecule has 15 heavy (non-hydrogen) atoms. The Morgan fingerprint density at radius 1 is 1.20 bits per heavy atom. The van der Waals surface area contributed by atoms with Gasteiger partial charge in [-0.25, -0.2) is 0 Å². The third-order valence-electron chi connectivity index (χ3n) is 3.70. The van der Waals surface area contributed by atoms with Crippen molar-refractivity contribution in [3.05, 3.63) is 11.6 Å². The van der Waals surface area contributed by atoms with E-state index >= 15 is 0 Å². The van der Waals surface area contributed by atoms with E-state index in [1.807, 2.05) is 6.92 Å². The first-order valence-corrected chi connectivity index (χ1v) is 6.61. The molecule has 0 unspecified atom stereocenters. The van der Waals surface area contributed by atoms with Crippen molar-refractivity contribution in [2.75, 3.05) is 6.61 Å². The van der Waals surface area contributed by atoms with Gasteiger partial charge in [-0.3, -0.25) is 0 Å². The van der Waals surface area contributed by atoms with E-state index < -0.39 is 0 Å². The molecule has 1 aliphatic carbocycles. The Morgan fingerprint density at radius 3 is 2.53 bits per heavy atom. The largest absolute Gasteiger partial charge is 0.392 e. The third kappa shape index (κ3) is 5.36. The number of rotatable bonds is 6. The van der Waals surface area contributed by atoms with Gasteiger partial charge in [0.25, 0.3) is 0 Å². The van der Waals surface area contributed by atoms with E-state index in [0.29, 0.717) is 0 Å². The zero-order valence-corrected chi connectivity index (χ0v) is 10.2. The normalized spacial score (nSPS) is 19.5. The quantitative estimate of drug-likeness (QED) is 0.517. The summed E-state index contributed by atoms with van der Waals surface area (Å²) in [5.74, 6) is 1.02. The van der Waals surface area contributed by atoms with Crippen molar-refractivity contribution in [3.63, 3.8) is 0 Å². The lowest BCUT2D eigenvalue weighted by atomic mass is 9.85. The Balaban J connectivity index is 2.00. The van der Waals surface area contributed by atoms with Crippen molar-refractivity contribution >= 4 is 0 Å². The second kappa shape index (κ2) is 7.92. The summed E-state index contributed by atoms with van der Waals surface area (Å²) in [7, 11) is 0. The summed E-state index contributed by atoms with van der Waals surface area (Å²) in [5.41, 5.74) is 1.21. The average Bonchev–Trinajstić information content (AvgIpc) is 2.31. The molecular weight excluding hydrogens is 184 g/mol. The van der Waals surface area contributed by atoms with E-state index in [9.17, 15) is 0 Å². The molecule has 1 fully saturated rings. The van der Waals surface area contributed by atoms with Crippen molar-refractivity contribution in [2.24, 2.45) is 5.92 Å². The Kier molecular flexibility index (Phi) is 6.74. The molecule has 1 heteroatoms. The van der Waals surface area contributed by atoms with Gasteiger partial charge in [-0.1, -0.05) is 51.0 Å². The molecule has 88 valence electrons. The standard InChI is InChI=1S/C14H26O/c1-2-13(12-15)8-6-7-11-14-9-4-3-5-10-14/h2,14-15H,3-12H2,1H3/b13-2+. The van der Waals surface area contributed by atoms with E-state index in [1.54, 1.807) is 0 Å². The van der Waals surface area contributed by atoms with Gasteiger partial charge in [0.1, 0.15) is 0 Å². The molecule has 1 nitrogen and oxygen atoms in total. The Morgan fingerprint density at radius 2 is 1.93 bits per heavy atom. The van der Waals surface area contributed by atoms with Crippen LogP contribution >= 0.6 is 0 Å². The van der Waals surface area contributed by atoms with Gasteiger partial charge in [0.15, 0.2) is 0 Å². The highest BCUT2D eigenvalue weighted by atomic mass is 16.3. The fourth-order valence-electron chi connectivity index (χ4n) is 2.58. The number of hydrogen-bond acceptors (Lipinski definition) is 1. The van der Waals surface area contributed by atoms with Gasteiger partial charge >= 0.3 is 0 Å². The monoisotopic (exact) mass is 210 g/mol. The molecule has 1 N–H and O–H groups in total. The van der Waals surface area contributed by atoms with Crippen molar-refractivity contribution in [1.29, 1.82) is 0 Å². The zero-order chi connectivity index (χ0) is 10.9. The van der Waals surface area contributed by atoms with E-state index in [1.165, 1.54) is 56.9 Å². The molecule has 0 aromatic heterocycles. The number of aliphatic hydroxyl groups excluding tert-OH is 1. The van der Waals surface area contributed by atoms with Crippen LogP contribution in [-0.2, 0) is 0 Å². The maximum Gasteiger partial charge on any atom is 0.0641 e. The fourth-order valence-corrected chi connectivity index (χ4v) is 2.58. The topological polar surface area (TPSA) is 20.2 Å². The van der Waals surface area contributed by atoms with Gasteiger partial charge in [0, 0.05) is 0 Å². The molecule has 0 aromatic rings. The molecule has 0 bridgehead atoms. The third-order valence-corrected chi connectivity index (χ3v) is 3.70. The first kappa shape index (κ1) is 12.8. The molecule has 0 amide bonds. The maximum absolute atomic E-state index is 9.01. The van der Waals surface area contributed by atoms with Crippen LogP contribution in [0.25, 0.3) is 0 Å². The van der Waals surface area contributed by atoms with E-state index in [2.05, 4.69) is 6.08 Å². The van der Waals surface area contributed by atoms with Crippen molar-refractivity contribution in [3.8, 4) is 0 Å². The molecular formula is C14H26O. The summed E-state index contributed by atoms with van der Waals surface area (Å²) in [5, 5.41) is 9.01. The van der Waals surface area contributed by atoms with Crippen LogP contribution in [0.4, 0.5) is 0 Å². The highest BCUT2D eigenvalue weighted by Gasteiger charge is 2.12. The summed E-state index contributed by atoms with van der Waals surface area (Å²) in [4.78, 5) is 0. The number of allylic oxidation sites excluding steroid dienone is 1. The van der Waals surface area contributed by atoms with Crippen molar-refractivity contribution < 1.29 is 5.11 Å². The van der Waals surface area contributed by atoms with E-state index in [4.69, 9.17) is 5.11 Å². The van der Waals surface area contributed by atoms with Crippen LogP contribution in [0, 0.1) is 5.92 Å². The molecule has 1 rings (SSSR count). The first-order chi connectivity index (χ1) is 7.36. The summed E-state index contributed by atoms with van der Waals surface area (Å²) in [6.07, 6.45) is 14.5. The maximum atomic E-state index is 9.01. The first-order valence-electron chi connectivity index (χ1n) is 6.61. The van der Waals surface area contributed by atoms with Crippen LogP contribution in [0.1, 0.15) is 64.7 Å². The summed E-state index contributed by atoms with van der Waals surface area (Å²) < 4.78 is 0. The predicted octanol–water partition coefficient (Wildman–Crippen LogP) is 4.07. The Labute approximate surface area is 94.6 Å².